The molecule has 0 aromatic heterocycles. The van der Waals surface area contributed by atoms with Crippen LogP contribution in [0.15, 0.2) is 48.5 Å². The third-order valence-electron chi connectivity index (χ3n) is 5.45. The Hall–Kier alpha value is -2.17. The third-order valence-corrected chi connectivity index (χ3v) is 5.45. The molecule has 0 aliphatic heterocycles. The van der Waals surface area contributed by atoms with Crippen LogP contribution in [0.1, 0.15) is 53.9 Å². The third kappa shape index (κ3) is 4.96. The summed E-state index contributed by atoms with van der Waals surface area (Å²) in [7, 11) is 4.11. The first-order valence-electron chi connectivity index (χ1n) is 9.70. The average molecular weight is 367 g/mol. The van der Waals surface area contributed by atoms with Gasteiger partial charge in [-0.25, -0.2) is 0 Å². The van der Waals surface area contributed by atoms with Crippen LogP contribution in [-0.2, 0) is 0 Å². The van der Waals surface area contributed by atoms with E-state index >= 15 is 0 Å². The average Bonchev–Trinajstić information content (AvgIpc) is 2.68. The Morgan fingerprint density at radius 3 is 2.07 bits per heavy atom. The van der Waals surface area contributed by atoms with Crippen molar-refractivity contribution >= 4 is 6.29 Å². The Labute approximate surface area is 161 Å². The number of nitrogens with zero attached hydrogens (tertiary/aromatic N) is 1. The Kier molecular flexibility index (Phi) is 6.30. The highest BCUT2D eigenvalue weighted by molar-refractivity contribution is 5.74. The van der Waals surface area contributed by atoms with E-state index in [-0.39, 0.29) is 5.92 Å². The normalized spacial score (nSPS) is 17.5. The molecule has 0 saturated heterocycles. The van der Waals surface area contributed by atoms with E-state index in [1.165, 1.54) is 6.42 Å². The first-order chi connectivity index (χ1) is 13.0. The molecule has 27 heavy (non-hydrogen) atoms. The Morgan fingerprint density at radius 2 is 1.56 bits per heavy atom. The van der Waals surface area contributed by atoms with Gasteiger partial charge < -0.3 is 14.7 Å². The molecule has 1 atom stereocenters. The van der Waals surface area contributed by atoms with Gasteiger partial charge >= 0.3 is 0 Å². The molecular weight excluding hydrogens is 338 g/mol. The van der Waals surface area contributed by atoms with Gasteiger partial charge in [-0.1, -0.05) is 31.4 Å². The van der Waals surface area contributed by atoms with Crippen LogP contribution in [0.25, 0.3) is 0 Å². The van der Waals surface area contributed by atoms with Crippen molar-refractivity contribution in [2.45, 2.75) is 43.6 Å². The molecule has 0 heterocycles. The molecule has 0 radical (unpaired) electrons. The number of ether oxygens (including phenoxy) is 1. The number of carbonyl (C=O) groups excluding carboxylic acids is 1. The molecule has 0 spiro atoms. The Bertz CT molecular complexity index is 731. The number of aliphatic hydroxyl groups is 1. The van der Waals surface area contributed by atoms with Gasteiger partial charge in [0.15, 0.2) is 0 Å². The molecule has 1 N–H and O–H groups in total. The van der Waals surface area contributed by atoms with Crippen molar-refractivity contribution in [1.82, 2.24) is 4.90 Å². The minimum Gasteiger partial charge on any atom is -0.457 e. The van der Waals surface area contributed by atoms with Gasteiger partial charge in [-0.3, -0.25) is 4.79 Å². The molecule has 3 rings (SSSR count). The van der Waals surface area contributed by atoms with Crippen LogP contribution < -0.4 is 4.74 Å². The van der Waals surface area contributed by atoms with E-state index in [4.69, 9.17) is 4.74 Å². The second-order valence-corrected chi connectivity index (χ2v) is 7.84. The van der Waals surface area contributed by atoms with Crippen LogP contribution in [0.3, 0.4) is 0 Å². The van der Waals surface area contributed by atoms with Crippen molar-refractivity contribution in [1.29, 1.82) is 0 Å². The lowest BCUT2D eigenvalue weighted by molar-refractivity contribution is -0.0277. The van der Waals surface area contributed by atoms with E-state index in [0.717, 1.165) is 49.8 Å². The lowest BCUT2D eigenvalue weighted by Crippen LogP contribution is -2.42. The molecule has 1 fully saturated rings. The number of hydrogen-bond acceptors (Lipinski definition) is 4. The summed E-state index contributed by atoms with van der Waals surface area (Å²) in [6.45, 7) is 0.823. The molecule has 144 valence electrons. The van der Waals surface area contributed by atoms with E-state index in [0.29, 0.717) is 11.3 Å². The molecule has 2 aromatic rings. The summed E-state index contributed by atoms with van der Waals surface area (Å²) in [5, 5.41) is 11.3. The quantitative estimate of drug-likeness (QED) is 0.725. The van der Waals surface area contributed by atoms with E-state index in [1.54, 1.807) is 24.3 Å². The summed E-state index contributed by atoms with van der Waals surface area (Å²) in [6, 6.07) is 15.1. The maximum Gasteiger partial charge on any atom is 0.150 e. The number of hydrogen-bond donors (Lipinski definition) is 1. The highest BCUT2D eigenvalue weighted by Gasteiger charge is 2.38. The Morgan fingerprint density at radius 1 is 1.00 bits per heavy atom. The van der Waals surface area contributed by atoms with Gasteiger partial charge in [-0.2, -0.15) is 0 Å². The van der Waals surface area contributed by atoms with Crippen LogP contribution in [0, 0.1) is 0 Å². The largest absolute Gasteiger partial charge is 0.457 e. The highest BCUT2D eigenvalue weighted by Crippen LogP contribution is 2.40. The summed E-state index contributed by atoms with van der Waals surface area (Å²) in [4.78, 5) is 12.9. The smallest absolute Gasteiger partial charge is 0.150 e. The lowest BCUT2D eigenvalue weighted by atomic mass is 9.72. The van der Waals surface area contributed by atoms with E-state index < -0.39 is 5.60 Å². The van der Waals surface area contributed by atoms with Gasteiger partial charge in [0.25, 0.3) is 0 Å². The van der Waals surface area contributed by atoms with Gasteiger partial charge in [-0.05, 0) is 68.9 Å². The lowest BCUT2D eigenvalue weighted by Gasteiger charge is -2.40. The summed E-state index contributed by atoms with van der Waals surface area (Å²) in [5.41, 5.74) is 1.15. The van der Waals surface area contributed by atoms with Gasteiger partial charge in [-0.15, -0.1) is 0 Å². The van der Waals surface area contributed by atoms with Crippen LogP contribution >= 0.6 is 0 Å². The van der Waals surface area contributed by atoms with E-state index in [1.807, 2.05) is 12.1 Å². The summed E-state index contributed by atoms with van der Waals surface area (Å²) >= 11 is 0. The SMILES string of the molecule is CN(C)CC(c1ccc(Oc2ccc(C=O)cc2)cc1)C1(O)CCCCC1. The molecule has 1 aliphatic rings. The Balaban J connectivity index is 1.76. The zero-order valence-electron chi connectivity index (χ0n) is 16.2. The van der Waals surface area contributed by atoms with Crippen LogP contribution in [0.4, 0.5) is 0 Å². The molecule has 1 aliphatic carbocycles. The molecule has 0 bridgehead atoms. The van der Waals surface area contributed by atoms with Crippen molar-refractivity contribution in [3.8, 4) is 11.5 Å². The number of benzene rings is 2. The number of aldehydes is 1. The second-order valence-electron chi connectivity index (χ2n) is 7.84. The van der Waals surface area contributed by atoms with Crippen molar-refractivity contribution in [2.75, 3.05) is 20.6 Å². The van der Waals surface area contributed by atoms with Crippen molar-refractivity contribution < 1.29 is 14.6 Å². The monoisotopic (exact) mass is 367 g/mol. The number of likely N-dealkylation sites (N-methyl/N-ethyl adjacent to an activating group) is 1. The summed E-state index contributed by atoms with van der Waals surface area (Å²) in [5.74, 6) is 1.54. The zero-order valence-corrected chi connectivity index (χ0v) is 16.2. The first-order valence-corrected chi connectivity index (χ1v) is 9.70. The van der Waals surface area contributed by atoms with Crippen LogP contribution in [-0.4, -0.2) is 42.5 Å². The summed E-state index contributed by atoms with van der Waals surface area (Å²) in [6.07, 6.45) is 5.96. The number of rotatable bonds is 7. The topological polar surface area (TPSA) is 49.8 Å². The number of carbonyl (C=O) groups is 1. The van der Waals surface area contributed by atoms with Crippen LogP contribution in [0.5, 0.6) is 11.5 Å². The van der Waals surface area contributed by atoms with E-state index in [2.05, 4.69) is 31.1 Å². The molecule has 1 saturated carbocycles. The predicted molar refractivity (Wildman–Crippen MR) is 108 cm³/mol. The van der Waals surface area contributed by atoms with Crippen molar-refractivity contribution in [2.24, 2.45) is 0 Å². The van der Waals surface area contributed by atoms with Crippen LogP contribution in [0.2, 0.25) is 0 Å². The minimum atomic E-state index is -0.629. The molecule has 2 aromatic carbocycles. The van der Waals surface area contributed by atoms with Gasteiger partial charge in [0.2, 0.25) is 0 Å². The first kappa shape index (κ1) is 19.6. The maximum absolute atomic E-state index is 11.3. The highest BCUT2D eigenvalue weighted by atomic mass is 16.5. The standard InChI is InChI=1S/C23H29NO3/c1-24(2)16-22(23(26)14-4-3-5-15-23)19-8-12-21(13-9-19)27-20-10-6-18(17-25)7-11-20/h6-13,17,22,26H,3-5,14-16H2,1-2H3. The molecule has 4 heteroatoms. The molecule has 4 nitrogen and oxygen atoms in total. The summed E-state index contributed by atoms with van der Waals surface area (Å²) < 4.78 is 5.88. The fraction of sp³-hybridized carbons (Fsp3) is 0.435. The second kappa shape index (κ2) is 8.68. The van der Waals surface area contributed by atoms with Crippen molar-refractivity contribution in [3.05, 3.63) is 59.7 Å². The van der Waals surface area contributed by atoms with Gasteiger partial charge in [0.1, 0.15) is 17.8 Å². The fourth-order valence-corrected chi connectivity index (χ4v) is 3.98. The van der Waals surface area contributed by atoms with Gasteiger partial charge in [0.05, 0.1) is 5.60 Å². The van der Waals surface area contributed by atoms with Gasteiger partial charge in [0, 0.05) is 18.0 Å². The zero-order chi connectivity index (χ0) is 19.3. The predicted octanol–water partition coefficient (Wildman–Crippen LogP) is 4.63. The minimum absolute atomic E-state index is 0.0914. The van der Waals surface area contributed by atoms with Crippen molar-refractivity contribution in [3.63, 3.8) is 0 Å². The van der Waals surface area contributed by atoms with E-state index in [9.17, 15) is 9.90 Å². The molecule has 0 amide bonds. The molecule has 1 unspecified atom stereocenters. The fourth-order valence-electron chi connectivity index (χ4n) is 3.98. The molecular formula is C23H29NO3. The maximum atomic E-state index is 11.3.